The Morgan fingerprint density at radius 2 is 1.19 bits per heavy atom. The van der Waals surface area contributed by atoms with Crippen molar-refractivity contribution in [3.63, 3.8) is 0 Å². The van der Waals surface area contributed by atoms with E-state index in [-0.39, 0.29) is 12.0 Å². The van der Waals surface area contributed by atoms with Crippen LogP contribution in [0.4, 0.5) is 0 Å². The van der Waals surface area contributed by atoms with Crippen LogP contribution in [-0.2, 0) is 0 Å². The van der Waals surface area contributed by atoms with Gasteiger partial charge in [-0.3, -0.25) is 4.90 Å². The van der Waals surface area contributed by atoms with Gasteiger partial charge in [-0.25, -0.2) is 0 Å². The van der Waals surface area contributed by atoms with Crippen molar-refractivity contribution < 1.29 is 0 Å². The fourth-order valence-electron chi connectivity index (χ4n) is 3.49. The van der Waals surface area contributed by atoms with Crippen LogP contribution >= 0.6 is 0 Å². The van der Waals surface area contributed by atoms with Crippen LogP contribution in [-0.4, -0.2) is 19.0 Å². The first kappa shape index (κ1) is 19.7. The topological polar surface area (TPSA) is 50.8 Å². The molecule has 0 bridgehead atoms. The summed E-state index contributed by atoms with van der Waals surface area (Å²) in [5.41, 5.74) is 5.47. The van der Waals surface area contributed by atoms with E-state index >= 15 is 0 Å². The summed E-state index contributed by atoms with van der Waals surface area (Å²) in [4.78, 5) is 2.12. The van der Waals surface area contributed by atoms with Crippen molar-refractivity contribution in [2.45, 2.75) is 45.6 Å². The summed E-state index contributed by atoms with van der Waals surface area (Å²) in [6.07, 6.45) is 0. The maximum Gasteiger partial charge on any atom is 0.0995 e. The zero-order chi connectivity index (χ0) is 19.4. The van der Waals surface area contributed by atoms with Gasteiger partial charge in [-0.15, -0.1) is 0 Å². The molecule has 0 aliphatic rings. The van der Waals surface area contributed by atoms with Crippen LogP contribution < -0.4 is 0 Å². The van der Waals surface area contributed by atoms with Crippen molar-refractivity contribution >= 4 is 0 Å². The Bertz CT molecular complexity index is 811. The van der Waals surface area contributed by atoms with Gasteiger partial charge in [-0.2, -0.15) is 10.5 Å². The molecule has 3 nitrogen and oxygen atoms in total. The van der Waals surface area contributed by atoms with E-state index in [1.807, 2.05) is 40.1 Å². The molecule has 134 valence electrons. The van der Waals surface area contributed by atoms with Gasteiger partial charge in [0.15, 0.2) is 0 Å². The average molecular weight is 345 g/mol. The number of nitriles is 2. The Kier molecular flexibility index (Phi) is 6.19. The van der Waals surface area contributed by atoms with Gasteiger partial charge in [0.2, 0.25) is 0 Å². The quantitative estimate of drug-likeness (QED) is 0.736. The maximum absolute atomic E-state index is 9.63. The lowest BCUT2D eigenvalue weighted by Crippen LogP contribution is -2.21. The lowest BCUT2D eigenvalue weighted by molar-refractivity contribution is 0.342. The van der Waals surface area contributed by atoms with Gasteiger partial charge < -0.3 is 0 Å². The van der Waals surface area contributed by atoms with Crippen LogP contribution in [0.5, 0.6) is 0 Å². The van der Waals surface area contributed by atoms with Crippen LogP contribution in [0, 0.1) is 22.7 Å². The number of hydrogen-bond acceptors (Lipinski definition) is 3. The van der Waals surface area contributed by atoms with Crippen LogP contribution in [0.15, 0.2) is 36.4 Å². The summed E-state index contributed by atoms with van der Waals surface area (Å²) in [6, 6.07) is 17.1. The highest BCUT2D eigenvalue weighted by molar-refractivity contribution is 5.54. The van der Waals surface area contributed by atoms with E-state index in [2.05, 4.69) is 55.2 Å². The van der Waals surface area contributed by atoms with Crippen molar-refractivity contribution in [3.8, 4) is 12.1 Å². The molecular weight excluding hydrogens is 318 g/mol. The summed E-state index contributed by atoms with van der Waals surface area (Å²) >= 11 is 0. The van der Waals surface area contributed by atoms with Crippen LogP contribution in [0.2, 0.25) is 0 Å². The molecule has 0 spiro atoms. The Labute approximate surface area is 157 Å². The molecule has 0 aliphatic carbocycles. The second-order valence-electron chi connectivity index (χ2n) is 7.60. The molecule has 1 unspecified atom stereocenters. The molecule has 0 saturated heterocycles. The van der Waals surface area contributed by atoms with E-state index < -0.39 is 0 Å². The molecule has 0 heterocycles. The van der Waals surface area contributed by atoms with Crippen molar-refractivity contribution in [2.24, 2.45) is 0 Å². The minimum atomic E-state index is -0.00313. The molecule has 2 aromatic carbocycles. The standard InChI is InChI=1S/C23H27N3/c1-15(2)17-7-9-18(10-8-17)23(26(5)6)19-11-20(13-24)22(16(3)4)21(12-19)14-25/h7-12,15-16,23H,1-6H3. The van der Waals surface area contributed by atoms with Crippen molar-refractivity contribution in [1.82, 2.24) is 4.90 Å². The lowest BCUT2D eigenvalue weighted by Gasteiger charge is -2.27. The Hall–Kier alpha value is -2.62. The third-order valence-electron chi connectivity index (χ3n) is 4.77. The largest absolute Gasteiger partial charge is 0.299 e. The summed E-state index contributed by atoms with van der Waals surface area (Å²) in [6.45, 7) is 8.40. The van der Waals surface area contributed by atoms with E-state index in [0.29, 0.717) is 17.0 Å². The number of rotatable bonds is 5. The van der Waals surface area contributed by atoms with Gasteiger partial charge in [-0.1, -0.05) is 52.0 Å². The van der Waals surface area contributed by atoms with Gasteiger partial charge in [0, 0.05) is 0 Å². The molecule has 3 heteroatoms. The predicted octanol–water partition coefficient (Wildman–Crippen LogP) is 5.33. The van der Waals surface area contributed by atoms with E-state index in [9.17, 15) is 10.5 Å². The second kappa shape index (κ2) is 8.17. The summed E-state index contributed by atoms with van der Waals surface area (Å²) in [5.74, 6) is 0.624. The maximum atomic E-state index is 9.63. The number of hydrogen-bond donors (Lipinski definition) is 0. The summed E-state index contributed by atoms with van der Waals surface area (Å²) in [7, 11) is 4.05. The minimum absolute atomic E-state index is 0.00313. The van der Waals surface area contributed by atoms with E-state index in [1.165, 1.54) is 5.56 Å². The highest BCUT2D eigenvalue weighted by Crippen LogP contribution is 2.33. The highest BCUT2D eigenvalue weighted by Gasteiger charge is 2.21. The highest BCUT2D eigenvalue weighted by atomic mass is 15.1. The molecule has 0 saturated carbocycles. The van der Waals surface area contributed by atoms with E-state index in [1.54, 1.807) is 0 Å². The molecule has 0 aliphatic heterocycles. The minimum Gasteiger partial charge on any atom is -0.299 e. The number of nitrogens with zero attached hydrogens (tertiary/aromatic N) is 3. The van der Waals surface area contributed by atoms with Crippen molar-refractivity contribution in [2.75, 3.05) is 14.1 Å². The van der Waals surface area contributed by atoms with Crippen LogP contribution in [0.3, 0.4) is 0 Å². The van der Waals surface area contributed by atoms with Gasteiger partial charge >= 0.3 is 0 Å². The van der Waals surface area contributed by atoms with Gasteiger partial charge in [0.05, 0.1) is 29.3 Å². The molecule has 0 aromatic heterocycles. The Morgan fingerprint density at radius 3 is 1.54 bits per heavy atom. The zero-order valence-corrected chi connectivity index (χ0v) is 16.5. The molecule has 0 N–H and O–H groups in total. The zero-order valence-electron chi connectivity index (χ0n) is 16.5. The monoisotopic (exact) mass is 345 g/mol. The molecule has 1 atom stereocenters. The summed E-state index contributed by atoms with van der Waals surface area (Å²) in [5, 5.41) is 19.3. The smallest absolute Gasteiger partial charge is 0.0995 e. The van der Waals surface area contributed by atoms with Gasteiger partial charge in [0.1, 0.15) is 0 Å². The molecule has 0 fully saturated rings. The van der Waals surface area contributed by atoms with E-state index in [0.717, 1.165) is 16.7 Å². The fraction of sp³-hybridized carbons (Fsp3) is 0.391. The molecule has 2 rings (SSSR count). The molecule has 0 amide bonds. The average Bonchev–Trinajstić information content (AvgIpc) is 2.60. The molecule has 26 heavy (non-hydrogen) atoms. The van der Waals surface area contributed by atoms with Gasteiger partial charge in [-0.05, 0) is 60.3 Å². The third kappa shape index (κ3) is 3.96. The first-order valence-corrected chi connectivity index (χ1v) is 9.04. The molecule has 0 radical (unpaired) electrons. The normalized spacial score (nSPS) is 12.3. The number of benzene rings is 2. The predicted molar refractivity (Wildman–Crippen MR) is 106 cm³/mol. The Balaban J connectivity index is 2.61. The first-order valence-electron chi connectivity index (χ1n) is 9.04. The third-order valence-corrected chi connectivity index (χ3v) is 4.77. The first-order chi connectivity index (χ1) is 12.3. The van der Waals surface area contributed by atoms with Crippen molar-refractivity contribution in [3.05, 3.63) is 69.8 Å². The lowest BCUT2D eigenvalue weighted by atomic mass is 9.87. The van der Waals surface area contributed by atoms with Crippen LogP contribution in [0.25, 0.3) is 0 Å². The fourth-order valence-corrected chi connectivity index (χ4v) is 3.49. The Morgan fingerprint density at radius 1 is 0.731 bits per heavy atom. The molecule has 2 aromatic rings. The summed E-state index contributed by atoms with van der Waals surface area (Å²) < 4.78 is 0. The van der Waals surface area contributed by atoms with Crippen LogP contribution in [0.1, 0.15) is 79.0 Å². The van der Waals surface area contributed by atoms with Gasteiger partial charge in [0.25, 0.3) is 0 Å². The second-order valence-corrected chi connectivity index (χ2v) is 7.60. The van der Waals surface area contributed by atoms with Crippen molar-refractivity contribution in [1.29, 1.82) is 10.5 Å². The van der Waals surface area contributed by atoms with E-state index in [4.69, 9.17) is 0 Å². The SMILES string of the molecule is CC(C)c1ccc(C(c2cc(C#N)c(C(C)C)c(C#N)c2)N(C)C)cc1. The molecular formula is C23H27N3.